The quantitative estimate of drug-likeness (QED) is 0.929. The number of rotatable bonds is 3. The van der Waals surface area contributed by atoms with Crippen LogP contribution in [0.15, 0.2) is 28.9 Å². The third kappa shape index (κ3) is 2.65. The number of aromatic nitrogens is 2. The van der Waals surface area contributed by atoms with Gasteiger partial charge in [-0.15, -0.1) is 0 Å². The molecule has 0 fully saturated rings. The van der Waals surface area contributed by atoms with Gasteiger partial charge in [0.25, 0.3) is 0 Å². The van der Waals surface area contributed by atoms with Crippen LogP contribution in [0.25, 0.3) is 0 Å². The Morgan fingerprint density at radius 3 is 3.20 bits per heavy atom. The summed E-state index contributed by atoms with van der Waals surface area (Å²) in [5, 5.41) is 7.79. The molecule has 1 atom stereocenters. The monoisotopic (exact) mass is 337 g/mol. The fraction of sp³-hybridized carbons (Fsp3) is 0.400. The third-order valence-electron chi connectivity index (χ3n) is 3.92. The van der Waals surface area contributed by atoms with E-state index >= 15 is 0 Å². The summed E-state index contributed by atoms with van der Waals surface area (Å²) in [5.41, 5.74) is 3.24. The van der Waals surface area contributed by atoms with Gasteiger partial charge in [0.15, 0.2) is 0 Å². The molecular formula is C15H17BrFN3. The van der Waals surface area contributed by atoms with Gasteiger partial charge in [0.2, 0.25) is 0 Å². The number of benzene rings is 1. The van der Waals surface area contributed by atoms with Gasteiger partial charge in [-0.2, -0.15) is 5.10 Å². The summed E-state index contributed by atoms with van der Waals surface area (Å²) < 4.78 is 16.6. The highest BCUT2D eigenvalue weighted by Crippen LogP contribution is 2.29. The van der Waals surface area contributed by atoms with Crippen LogP contribution >= 0.6 is 15.9 Å². The molecule has 0 radical (unpaired) electrons. The van der Waals surface area contributed by atoms with E-state index in [0.29, 0.717) is 12.1 Å². The summed E-state index contributed by atoms with van der Waals surface area (Å²) in [6.45, 7) is 0.532. The number of nitrogens with zero attached hydrogens (tertiary/aromatic N) is 2. The summed E-state index contributed by atoms with van der Waals surface area (Å²) in [6.07, 6.45) is 5.23. The molecule has 1 aliphatic rings. The van der Waals surface area contributed by atoms with E-state index in [4.69, 9.17) is 0 Å². The average molecular weight is 338 g/mol. The molecule has 0 bridgehead atoms. The van der Waals surface area contributed by atoms with Crippen LogP contribution in [0.5, 0.6) is 0 Å². The first-order valence-corrected chi connectivity index (χ1v) is 7.62. The van der Waals surface area contributed by atoms with E-state index in [9.17, 15) is 4.39 Å². The van der Waals surface area contributed by atoms with E-state index in [1.807, 2.05) is 24.0 Å². The third-order valence-corrected chi connectivity index (χ3v) is 4.42. The van der Waals surface area contributed by atoms with Crippen LogP contribution < -0.4 is 5.32 Å². The fourth-order valence-corrected chi connectivity index (χ4v) is 3.24. The molecule has 1 unspecified atom stereocenters. The van der Waals surface area contributed by atoms with Gasteiger partial charge in [0, 0.05) is 40.9 Å². The molecule has 0 saturated carbocycles. The van der Waals surface area contributed by atoms with E-state index in [1.54, 1.807) is 6.07 Å². The van der Waals surface area contributed by atoms with E-state index in [-0.39, 0.29) is 11.9 Å². The summed E-state index contributed by atoms with van der Waals surface area (Å²) in [6, 6.07) is 5.32. The van der Waals surface area contributed by atoms with Crippen LogP contribution in [0.3, 0.4) is 0 Å². The first-order valence-electron chi connectivity index (χ1n) is 6.83. The van der Waals surface area contributed by atoms with Crippen molar-refractivity contribution < 1.29 is 4.39 Å². The van der Waals surface area contributed by atoms with E-state index < -0.39 is 0 Å². The number of fused-ring (bicyclic) bond motifs is 1. The molecule has 106 valence electrons. The van der Waals surface area contributed by atoms with Crippen molar-refractivity contribution in [3.63, 3.8) is 0 Å². The number of hydrogen-bond acceptors (Lipinski definition) is 2. The van der Waals surface area contributed by atoms with Crippen LogP contribution in [0.2, 0.25) is 0 Å². The predicted octanol–water partition coefficient (Wildman–Crippen LogP) is 3.49. The van der Waals surface area contributed by atoms with Crippen molar-refractivity contribution in [1.29, 1.82) is 0 Å². The summed E-state index contributed by atoms with van der Waals surface area (Å²) in [7, 11) is 1.98. The first kappa shape index (κ1) is 13.8. The van der Waals surface area contributed by atoms with Gasteiger partial charge in [-0.1, -0.05) is 15.9 Å². The molecule has 5 heteroatoms. The summed E-state index contributed by atoms with van der Waals surface area (Å²) in [5.74, 6) is -0.164. The molecule has 3 nitrogen and oxygen atoms in total. The minimum atomic E-state index is -0.164. The molecule has 1 aromatic heterocycles. The zero-order valence-electron chi connectivity index (χ0n) is 11.4. The maximum absolute atomic E-state index is 13.7. The van der Waals surface area contributed by atoms with Gasteiger partial charge in [0.1, 0.15) is 5.82 Å². The van der Waals surface area contributed by atoms with Gasteiger partial charge in [-0.3, -0.25) is 4.68 Å². The molecule has 1 N–H and O–H groups in total. The average Bonchev–Trinajstić information content (AvgIpc) is 2.82. The Morgan fingerprint density at radius 2 is 2.35 bits per heavy atom. The van der Waals surface area contributed by atoms with E-state index in [1.165, 1.54) is 17.3 Å². The molecule has 0 amide bonds. The van der Waals surface area contributed by atoms with Gasteiger partial charge in [0.05, 0.1) is 6.20 Å². The smallest absolute Gasteiger partial charge is 0.127 e. The van der Waals surface area contributed by atoms with Gasteiger partial charge in [-0.05, 0) is 37.5 Å². The lowest BCUT2D eigenvalue weighted by molar-refractivity contribution is 0.446. The van der Waals surface area contributed by atoms with Crippen molar-refractivity contribution in [2.24, 2.45) is 7.05 Å². The van der Waals surface area contributed by atoms with Gasteiger partial charge in [-0.25, -0.2) is 4.39 Å². The van der Waals surface area contributed by atoms with Crippen molar-refractivity contribution in [2.75, 3.05) is 0 Å². The van der Waals surface area contributed by atoms with Crippen molar-refractivity contribution in [3.8, 4) is 0 Å². The minimum Gasteiger partial charge on any atom is -0.306 e. The molecule has 2 aromatic rings. The Kier molecular flexibility index (Phi) is 3.89. The second-order valence-electron chi connectivity index (χ2n) is 5.23. The standard InChI is InChI=1S/C15H17BrFN3/c1-20-15-4-2-3-14(12(15)9-19-20)18-8-10-7-11(16)5-6-13(10)17/h5-7,9,14,18H,2-4,8H2,1H3. The molecule has 1 heterocycles. The van der Waals surface area contributed by atoms with Crippen LogP contribution in [-0.2, 0) is 20.0 Å². The Morgan fingerprint density at radius 1 is 1.50 bits per heavy atom. The fourth-order valence-electron chi connectivity index (χ4n) is 2.83. The van der Waals surface area contributed by atoms with Crippen molar-refractivity contribution >= 4 is 15.9 Å². The SMILES string of the molecule is Cn1ncc2c1CCCC2NCc1cc(Br)ccc1F. The molecule has 0 saturated heterocycles. The Labute approximate surface area is 126 Å². The molecule has 20 heavy (non-hydrogen) atoms. The minimum absolute atomic E-state index is 0.164. The number of hydrogen-bond donors (Lipinski definition) is 1. The number of halogens is 2. The molecular weight excluding hydrogens is 321 g/mol. The maximum Gasteiger partial charge on any atom is 0.127 e. The lowest BCUT2D eigenvalue weighted by Gasteiger charge is -2.24. The second-order valence-corrected chi connectivity index (χ2v) is 6.15. The van der Waals surface area contributed by atoms with E-state index in [2.05, 4.69) is 26.3 Å². The number of aryl methyl sites for hydroxylation is 1. The van der Waals surface area contributed by atoms with Gasteiger partial charge < -0.3 is 5.32 Å². The Bertz CT molecular complexity index is 624. The Hall–Kier alpha value is -1.20. The Balaban J connectivity index is 1.75. The first-order chi connectivity index (χ1) is 9.65. The lowest BCUT2D eigenvalue weighted by atomic mass is 9.93. The van der Waals surface area contributed by atoms with Crippen LogP contribution in [0.1, 0.15) is 35.7 Å². The molecule has 1 aromatic carbocycles. The molecule has 1 aliphatic carbocycles. The van der Waals surface area contributed by atoms with Gasteiger partial charge >= 0.3 is 0 Å². The second kappa shape index (κ2) is 5.66. The maximum atomic E-state index is 13.7. The highest BCUT2D eigenvalue weighted by Gasteiger charge is 2.23. The summed E-state index contributed by atoms with van der Waals surface area (Å²) >= 11 is 3.38. The van der Waals surface area contributed by atoms with Crippen LogP contribution in [0.4, 0.5) is 4.39 Å². The molecule has 0 spiro atoms. The largest absolute Gasteiger partial charge is 0.306 e. The lowest BCUT2D eigenvalue weighted by Crippen LogP contribution is -2.25. The predicted molar refractivity (Wildman–Crippen MR) is 79.8 cm³/mol. The van der Waals surface area contributed by atoms with Crippen molar-refractivity contribution in [3.05, 3.63) is 51.5 Å². The van der Waals surface area contributed by atoms with Crippen LogP contribution in [0, 0.1) is 5.82 Å². The normalized spacial score (nSPS) is 18.1. The zero-order chi connectivity index (χ0) is 14.1. The molecule has 0 aliphatic heterocycles. The summed E-state index contributed by atoms with van der Waals surface area (Å²) in [4.78, 5) is 0. The number of nitrogens with one attached hydrogen (secondary N) is 1. The zero-order valence-corrected chi connectivity index (χ0v) is 13.0. The highest BCUT2D eigenvalue weighted by molar-refractivity contribution is 9.10. The molecule has 3 rings (SSSR count). The highest BCUT2D eigenvalue weighted by atomic mass is 79.9. The van der Waals surface area contributed by atoms with Crippen molar-refractivity contribution in [2.45, 2.75) is 31.8 Å². The topological polar surface area (TPSA) is 29.9 Å². The van der Waals surface area contributed by atoms with Crippen molar-refractivity contribution in [1.82, 2.24) is 15.1 Å². The van der Waals surface area contributed by atoms with Crippen LogP contribution in [-0.4, -0.2) is 9.78 Å². The van der Waals surface area contributed by atoms with E-state index in [0.717, 1.165) is 23.7 Å².